The van der Waals surface area contributed by atoms with Gasteiger partial charge in [0.1, 0.15) is 0 Å². The number of carbonyl (C=O) groups is 2. The highest BCUT2D eigenvalue weighted by molar-refractivity contribution is 7.89. The van der Waals surface area contributed by atoms with Gasteiger partial charge in [0, 0.05) is 34.1 Å². The number of halogens is 1. The molecule has 0 saturated heterocycles. The minimum absolute atomic E-state index is 0.0357. The van der Waals surface area contributed by atoms with Crippen LogP contribution in [0.5, 0.6) is 5.75 Å². The number of nitrogens with one attached hydrogen (secondary N) is 2. The molecule has 134 valence electrons. The number of sulfonamides is 1. The molecule has 0 aliphatic heterocycles. The molecule has 1 aromatic rings. The molecule has 0 aliphatic carbocycles. The molecule has 0 bridgehead atoms. The molecule has 0 heterocycles. The molecular weight excluding hydrogens is 341 g/mol. The van der Waals surface area contributed by atoms with Crippen LogP contribution in [0, 0.1) is 5.82 Å². The van der Waals surface area contributed by atoms with Gasteiger partial charge in [0.15, 0.2) is 18.2 Å². The van der Waals surface area contributed by atoms with Crippen molar-refractivity contribution in [3.05, 3.63) is 24.0 Å². The molecule has 0 saturated carbocycles. The van der Waals surface area contributed by atoms with Crippen molar-refractivity contribution in [2.75, 3.05) is 34.3 Å². The second-order valence-corrected chi connectivity index (χ2v) is 6.76. The van der Waals surface area contributed by atoms with Crippen molar-refractivity contribution in [3.8, 4) is 5.75 Å². The topological polar surface area (TPSA) is 105 Å². The summed E-state index contributed by atoms with van der Waals surface area (Å²) in [5.74, 6) is -1.81. The van der Waals surface area contributed by atoms with Crippen LogP contribution in [0.4, 0.5) is 4.39 Å². The quantitative estimate of drug-likeness (QED) is 0.662. The lowest BCUT2D eigenvalue weighted by Gasteiger charge is -2.12. The van der Waals surface area contributed by atoms with Crippen molar-refractivity contribution < 1.29 is 27.1 Å². The minimum Gasteiger partial charge on any atom is -0.481 e. The van der Waals surface area contributed by atoms with E-state index in [0.29, 0.717) is 0 Å². The molecule has 2 N–H and O–H groups in total. The zero-order valence-electron chi connectivity index (χ0n) is 13.6. The van der Waals surface area contributed by atoms with Gasteiger partial charge in [-0.05, 0) is 18.2 Å². The van der Waals surface area contributed by atoms with Gasteiger partial charge in [0.2, 0.25) is 15.9 Å². The molecular formula is C14H20FN3O5S. The standard InChI is InChI=1S/C14H20FN3O5S/c1-16-13(19)6-7-17-24(21,22)10-4-5-12(11(15)8-10)23-9-14(20)18(2)3/h4-5,8,17H,6-7,9H2,1-3H3,(H,16,19). The smallest absolute Gasteiger partial charge is 0.259 e. The fourth-order valence-corrected chi connectivity index (χ4v) is 2.58. The van der Waals surface area contributed by atoms with Gasteiger partial charge in [-0.15, -0.1) is 0 Å². The molecule has 1 rings (SSSR count). The molecule has 2 amide bonds. The van der Waals surface area contributed by atoms with E-state index in [1.807, 2.05) is 0 Å². The summed E-state index contributed by atoms with van der Waals surface area (Å²) in [7, 11) is 0.548. The summed E-state index contributed by atoms with van der Waals surface area (Å²) < 4.78 is 45.2. The lowest BCUT2D eigenvalue weighted by molar-refractivity contribution is -0.130. The Morgan fingerprint density at radius 3 is 2.50 bits per heavy atom. The Labute approximate surface area is 140 Å². The molecule has 0 aliphatic rings. The lowest BCUT2D eigenvalue weighted by Crippen LogP contribution is -2.29. The third-order valence-electron chi connectivity index (χ3n) is 2.99. The van der Waals surface area contributed by atoms with E-state index in [4.69, 9.17) is 4.74 Å². The maximum absolute atomic E-state index is 13.9. The fraction of sp³-hybridized carbons (Fsp3) is 0.429. The Kier molecular flexibility index (Phi) is 7.11. The van der Waals surface area contributed by atoms with Gasteiger partial charge in [0.25, 0.3) is 5.91 Å². The van der Waals surface area contributed by atoms with Crippen LogP contribution in [0.3, 0.4) is 0 Å². The van der Waals surface area contributed by atoms with E-state index in [2.05, 4.69) is 10.0 Å². The number of hydrogen-bond acceptors (Lipinski definition) is 5. The van der Waals surface area contributed by atoms with Crippen molar-refractivity contribution in [1.29, 1.82) is 0 Å². The van der Waals surface area contributed by atoms with Crippen molar-refractivity contribution >= 4 is 21.8 Å². The average molecular weight is 361 g/mol. The van der Waals surface area contributed by atoms with Crippen LogP contribution in [0.25, 0.3) is 0 Å². The van der Waals surface area contributed by atoms with Crippen LogP contribution in [0.2, 0.25) is 0 Å². The first-order valence-electron chi connectivity index (χ1n) is 7.00. The Morgan fingerprint density at radius 2 is 1.96 bits per heavy atom. The molecule has 1 aromatic carbocycles. The number of hydrogen-bond donors (Lipinski definition) is 2. The number of likely N-dealkylation sites (N-methyl/N-ethyl adjacent to an activating group) is 1. The van der Waals surface area contributed by atoms with Gasteiger partial charge in [-0.2, -0.15) is 0 Å². The molecule has 10 heteroatoms. The first kappa shape index (κ1) is 19.8. The summed E-state index contributed by atoms with van der Waals surface area (Å²) in [4.78, 5) is 23.4. The van der Waals surface area contributed by atoms with Crippen molar-refractivity contribution in [2.45, 2.75) is 11.3 Å². The van der Waals surface area contributed by atoms with Gasteiger partial charge in [-0.25, -0.2) is 17.5 Å². The zero-order valence-corrected chi connectivity index (χ0v) is 14.4. The van der Waals surface area contributed by atoms with Crippen LogP contribution < -0.4 is 14.8 Å². The maximum Gasteiger partial charge on any atom is 0.259 e. The zero-order chi connectivity index (χ0) is 18.3. The summed E-state index contributed by atoms with van der Waals surface area (Å²) in [5.41, 5.74) is 0. The molecule has 0 fully saturated rings. The molecule has 0 atom stereocenters. The molecule has 24 heavy (non-hydrogen) atoms. The van der Waals surface area contributed by atoms with E-state index in [0.717, 1.165) is 18.2 Å². The molecule has 0 aromatic heterocycles. The molecule has 8 nitrogen and oxygen atoms in total. The normalized spacial score (nSPS) is 11.0. The summed E-state index contributed by atoms with van der Waals surface area (Å²) >= 11 is 0. The Balaban J connectivity index is 2.75. The van der Waals surface area contributed by atoms with Crippen molar-refractivity contribution in [1.82, 2.24) is 14.9 Å². The Morgan fingerprint density at radius 1 is 1.29 bits per heavy atom. The lowest BCUT2D eigenvalue weighted by atomic mass is 10.3. The van der Waals surface area contributed by atoms with E-state index in [1.165, 1.54) is 26.0 Å². The summed E-state index contributed by atoms with van der Waals surface area (Å²) in [6, 6.07) is 3.07. The van der Waals surface area contributed by atoms with E-state index < -0.39 is 15.8 Å². The first-order chi connectivity index (χ1) is 11.2. The number of carbonyl (C=O) groups excluding carboxylic acids is 2. The molecule has 0 radical (unpaired) electrons. The highest BCUT2D eigenvalue weighted by Gasteiger charge is 2.17. The third kappa shape index (κ3) is 5.78. The van der Waals surface area contributed by atoms with Crippen LogP contribution in [0.15, 0.2) is 23.1 Å². The van der Waals surface area contributed by atoms with E-state index >= 15 is 0 Å². The number of amides is 2. The van der Waals surface area contributed by atoms with Crippen LogP contribution in [0.1, 0.15) is 6.42 Å². The largest absolute Gasteiger partial charge is 0.481 e. The summed E-state index contributed by atoms with van der Waals surface area (Å²) in [5, 5.41) is 2.36. The van der Waals surface area contributed by atoms with Gasteiger partial charge >= 0.3 is 0 Å². The maximum atomic E-state index is 13.9. The number of rotatable bonds is 8. The van der Waals surface area contributed by atoms with E-state index in [1.54, 1.807) is 0 Å². The van der Waals surface area contributed by atoms with Gasteiger partial charge in [0.05, 0.1) is 4.90 Å². The highest BCUT2D eigenvalue weighted by Crippen LogP contribution is 2.21. The van der Waals surface area contributed by atoms with E-state index in [-0.39, 0.29) is 42.0 Å². The average Bonchev–Trinajstić information content (AvgIpc) is 2.52. The fourth-order valence-electron chi connectivity index (χ4n) is 1.54. The number of ether oxygens (including phenoxy) is 1. The number of benzene rings is 1. The van der Waals surface area contributed by atoms with Crippen LogP contribution in [-0.2, 0) is 19.6 Å². The van der Waals surface area contributed by atoms with Gasteiger partial charge in [-0.1, -0.05) is 0 Å². The second-order valence-electron chi connectivity index (χ2n) is 4.99. The monoisotopic (exact) mass is 361 g/mol. The van der Waals surface area contributed by atoms with Crippen LogP contribution >= 0.6 is 0 Å². The van der Waals surface area contributed by atoms with Crippen molar-refractivity contribution in [3.63, 3.8) is 0 Å². The third-order valence-corrected chi connectivity index (χ3v) is 4.45. The predicted molar refractivity (Wildman–Crippen MR) is 84.5 cm³/mol. The SMILES string of the molecule is CNC(=O)CCNS(=O)(=O)c1ccc(OCC(=O)N(C)C)c(F)c1. The summed E-state index contributed by atoms with van der Waals surface area (Å²) in [6.45, 7) is -0.473. The van der Waals surface area contributed by atoms with Crippen LogP contribution in [-0.4, -0.2) is 59.4 Å². The van der Waals surface area contributed by atoms with Gasteiger partial charge in [-0.3, -0.25) is 9.59 Å². The van der Waals surface area contributed by atoms with Crippen molar-refractivity contribution in [2.24, 2.45) is 0 Å². The number of nitrogens with zero attached hydrogens (tertiary/aromatic N) is 1. The first-order valence-corrected chi connectivity index (χ1v) is 8.48. The molecule has 0 spiro atoms. The second kappa shape index (κ2) is 8.60. The van der Waals surface area contributed by atoms with E-state index in [9.17, 15) is 22.4 Å². The predicted octanol–water partition coefficient (Wildman–Crippen LogP) is -0.293. The molecule has 0 unspecified atom stereocenters. The Hall–Kier alpha value is -2.20. The Bertz CT molecular complexity index is 706. The summed E-state index contributed by atoms with van der Waals surface area (Å²) in [6.07, 6.45) is -0.0357. The van der Waals surface area contributed by atoms with Gasteiger partial charge < -0.3 is 15.0 Å². The highest BCUT2D eigenvalue weighted by atomic mass is 32.2. The minimum atomic E-state index is -3.95.